The van der Waals surface area contributed by atoms with Gasteiger partial charge in [-0.05, 0) is 24.3 Å². The molecule has 2 fully saturated rings. The number of para-hydroxylation sites is 1. The molecule has 0 N–H and O–H groups in total. The summed E-state index contributed by atoms with van der Waals surface area (Å²) in [6.45, 7) is 3.47. The number of ether oxygens (including phenoxy) is 1. The first-order valence-electron chi connectivity index (χ1n) is 12.1. The molecule has 11 nitrogen and oxygen atoms in total. The molecule has 0 radical (unpaired) electrons. The van der Waals surface area contributed by atoms with Gasteiger partial charge in [0, 0.05) is 44.1 Å². The van der Waals surface area contributed by atoms with Crippen LogP contribution in [0, 0.1) is 0 Å². The van der Waals surface area contributed by atoms with Crippen LogP contribution < -0.4 is 4.31 Å². The molecule has 0 amide bonds. The first-order valence-corrected chi connectivity index (χ1v) is 13.5. The molecule has 1 aromatic carbocycles. The normalized spacial score (nSPS) is 17.8. The van der Waals surface area contributed by atoms with E-state index in [-0.39, 0.29) is 12.4 Å². The molecule has 0 unspecified atom stereocenters. The van der Waals surface area contributed by atoms with Gasteiger partial charge in [0.25, 0.3) is 5.89 Å². The molecular formula is C24H25F2N7O4S. The molecule has 38 heavy (non-hydrogen) atoms. The van der Waals surface area contributed by atoms with Crippen molar-refractivity contribution < 1.29 is 26.4 Å². The van der Waals surface area contributed by atoms with Crippen molar-refractivity contribution in [1.29, 1.82) is 0 Å². The number of imidazole rings is 1. The second kappa shape index (κ2) is 10.0. The van der Waals surface area contributed by atoms with Gasteiger partial charge in [-0.1, -0.05) is 18.2 Å². The maximum atomic E-state index is 13.8. The number of benzene rings is 1. The maximum Gasteiger partial charge on any atom is 0.314 e. The fourth-order valence-electron chi connectivity index (χ4n) is 4.60. The molecule has 2 saturated heterocycles. The molecule has 200 valence electrons. The summed E-state index contributed by atoms with van der Waals surface area (Å²) in [5, 5.41) is 7.04. The van der Waals surface area contributed by atoms with Gasteiger partial charge in [-0.25, -0.2) is 4.98 Å². The molecule has 0 aliphatic carbocycles. The van der Waals surface area contributed by atoms with Crippen molar-refractivity contribution in [3.05, 3.63) is 66.4 Å². The Morgan fingerprint density at radius 2 is 1.82 bits per heavy atom. The molecule has 6 rings (SSSR count). The second-order valence-electron chi connectivity index (χ2n) is 9.14. The Labute approximate surface area is 217 Å². The molecule has 2 aliphatic rings. The molecule has 14 heteroatoms. The summed E-state index contributed by atoms with van der Waals surface area (Å²) < 4.78 is 68.3. The largest absolute Gasteiger partial charge is 0.415 e. The molecule has 0 saturated carbocycles. The van der Waals surface area contributed by atoms with Gasteiger partial charge in [0.05, 0.1) is 37.2 Å². The zero-order chi connectivity index (χ0) is 26.3. The minimum Gasteiger partial charge on any atom is -0.415 e. The number of fused-ring (bicyclic) bond motifs is 1. The molecule has 4 aromatic rings. The van der Waals surface area contributed by atoms with Gasteiger partial charge in [-0.2, -0.15) is 21.5 Å². The minimum absolute atomic E-state index is 0.0100. The lowest BCUT2D eigenvalue weighted by Crippen LogP contribution is -2.59. The third-order valence-electron chi connectivity index (χ3n) is 6.75. The van der Waals surface area contributed by atoms with Gasteiger partial charge in [0.15, 0.2) is 0 Å². The Kier molecular flexibility index (Phi) is 6.55. The van der Waals surface area contributed by atoms with E-state index in [0.717, 1.165) is 0 Å². The van der Waals surface area contributed by atoms with E-state index in [0.29, 0.717) is 68.0 Å². The van der Waals surface area contributed by atoms with E-state index in [1.165, 1.54) is 8.61 Å². The van der Waals surface area contributed by atoms with Crippen molar-refractivity contribution >= 4 is 21.5 Å². The number of nitrogens with zero attached hydrogens (tertiary/aromatic N) is 7. The molecule has 0 spiro atoms. The molecule has 2 aliphatic heterocycles. The van der Waals surface area contributed by atoms with E-state index in [2.05, 4.69) is 20.1 Å². The van der Waals surface area contributed by atoms with E-state index < -0.39 is 22.5 Å². The lowest BCUT2D eigenvalue weighted by molar-refractivity contribution is -0.0721. The van der Waals surface area contributed by atoms with Crippen LogP contribution in [0.4, 0.5) is 14.5 Å². The van der Waals surface area contributed by atoms with E-state index in [9.17, 15) is 17.2 Å². The van der Waals surface area contributed by atoms with E-state index in [1.807, 2.05) is 6.07 Å². The van der Waals surface area contributed by atoms with Crippen LogP contribution in [0.2, 0.25) is 0 Å². The molecular weight excluding hydrogens is 520 g/mol. The van der Waals surface area contributed by atoms with Crippen LogP contribution in [0.1, 0.15) is 18.0 Å². The van der Waals surface area contributed by atoms with Crippen LogP contribution in [0.3, 0.4) is 0 Å². The third kappa shape index (κ3) is 4.75. The van der Waals surface area contributed by atoms with Crippen molar-refractivity contribution in [2.75, 3.05) is 43.7 Å². The zero-order valence-corrected chi connectivity index (χ0v) is 21.0. The fourth-order valence-corrected chi connectivity index (χ4v) is 6.19. The SMILES string of the molecule is O=S(=O)(N1CCN(C2COC2)CC1)N(Cc1cn2ccc(-c3nnc(C(F)F)o3)cc2n1)c1ccccc1. The van der Waals surface area contributed by atoms with Gasteiger partial charge in [0.2, 0.25) is 5.89 Å². The van der Waals surface area contributed by atoms with Gasteiger partial charge >= 0.3 is 16.6 Å². The topological polar surface area (TPSA) is 109 Å². The average molecular weight is 546 g/mol. The van der Waals surface area contributed by atoms with Crippen LogP contribution >= 0.6 is 0 Å². The number of rotatable bonds is 8. The van der Waals surface area contributed by atoms with Crippen LogP contribution in [0.5, 0.6) is 0 Å². The highest BCUT2D eigenvalue weighted by Crippen LogP contribution is 2.27. The molecule has 0 atom stereocenters. The van der Waals surface area contributed by atoms with Gasteiger partial charge < -0.3 is 13.6 Å². The Morgan fingerprint density at radius 1 is 1.05 bits per heavy atom. The smallest absolute Gasteiger partial charge is 0.314 e. The van der Waals surface area contributed by atoms with Crippen molar-refractivity contribution in [2.45, 2.75) is 19.0 Å². The highest BCUT2D eigenvalue weighted by atomic mass is 32.2. The Bertz CT molecular complexity index is 1520. The van der Waals surface area contributed by atoms with Gasteiger partial charge in [0.1, 0.15) is 5.65 Å². The molecule has 0 bridgehead atoms. The predicted octanol–water partition coefficient (Wildman–Crippen LogP) is 2.59. The summed E-state index contributed by atoms with van der Waals surface area (Å²) >= 11 is 0. The maximum absolute atomic E-state index is 13.8. The van der Waals surface area contributed by atoms with E-state index >= 15 is 0 Å². The molecule has 5 heterocycles. The number of aromatic nitrogens is 4. The number of anilines is 1. The summed E-state index contributed by atoms with van der Waals surface area (Å²) in [5.41, 5.74) is 1.96. The Morgan fingerprint density at radius 3 is 2.47 bits per heavy atom. The minimum atomic E-state index is -3.85. The lowest BCUT2D eigenvalue weighted by atomic mass is 10.2. The number of piperazine rings is 1. The lowest BCUT2D eigenvalue weighted by Gasteiger charge is -2.43. The van der Waals surface area contributed by atoms with Crippen LogP contribution in [0.15, 0.2) is 59.3 Å². The number of pyridine rings is 1. The van der Waals surface area contributed by atoms with Crippen molar-refractivity contribution in [3.8, 4) is 11.5 Å². The monoisotopic (exact) mass is 545 g/mol. The highest BCUT2D eigenvalue weighted by Gasteiger charge is 2.36. The van der Waals surface area contributed by atoms with Crippen LogP contribution in [-0.2, 0) is 21.5 Å². The third-order valence-corrected chi connectivity index (χ3v) is 8.66. The summed E-state index contributed by atoms with van der Waals surface area (Å²) in [5.74, 6) is -0.803. The summed E-state index contributed by atoms with van der Waals surface area (Å²) in [4.78, 5) is 6.87. The summed E-state index contributed by atoms with van der Waals surface area (Å²) in [6.07, 6.45) is 0.550. The number of halogens is 2. The van der Waals surface area contributed by atoms with E-state index in [1.54, 1.807) is 53.2 Å². The highest BCUT2D eigenvalue weighted by molar-refractivity contribution is 7.90. The fraction of sp³-hybridized carbons (Fsp3) is 0.375. The average Bonchev–Trinajstić information content (AvgIpc) is 3.54. The second-order valence-corrected chi connectivity index (χ2v) is 11.0. The predicted molar refractivity (Wildman–Crippen MR) is 133 cm³/mol. The van der Waals surface area contributed by atoms with Gasteiger partial charge in [-0.3, -0.25) is 9.21 Å². The zero-order valence-electron chi connectivity index (χ0n) is 20.2. The van der Waals surface area contributed by atoms with Crippen molar-refractivity contribution in [3.63, 3.8) is 0 Å². The number of hydrogen-bond acceptors (Lipinski definition) is 8. The quantitative estimate of drug-likeness (QED) is 0.333. The standard InChI is InChI=1S/C24H25F2N7O4S/c25-22(26)24-29-28-23(37-24)17-6-7-31-13-18(27-21(31)12-17)14-33(19-4-2-1-3-5-19)38(34,35)32-10-8-30(9-11-32)20-15-36-16-20/h1-7,12-13,20,22H,8-11,14-16H2. The Hall–Kier alpha value is -3.46. The molecule has 3 aromatic heterocycles. The summed E-state index contributed by atoms with van der Waals surface area (Å²) in [7, 11) is -3.85. The van der Waals surface area contributed by atoms with Gasteiger partial charge in [-0.15, -0.1) is 10.2 Å². The first kappa shape index (κ1) is 24.9. The van der Waals surface area contributed by atoms with Crippen LogP contribution in [0.25, 0.3) is 17.1 Å². The number of alkyl halides is 2. The van der Waals surface area contributed by atoms with Crippen molar-refractivity contribution in [2.24, 2.45) is 0 Å². The van der Waals surface area contributed by atoms with Crippen LogP contribution in [-0.4, -0.2) is 82.6 Å². The summed E-state index contributed by atoms with van der Waals surface area (Å²) in [6, 6.07) is 12.5. The number of hydrogen-bond donors (Lipinski definition) is 0. The van der Waals surface area contributed by atoms with Crippen molar-refractivity contribution in [1.82, 2.24) is 28.8 Å². The Balaban J connectivity index is 1.26. The first-order chi connectivity index (χ1) is 18.4. The van der Waals surface area contributed by atoms with E-state index in [4.69, 9.17) is 9.15 Å².